The van der Waals surface area contributed by atoms with Crippen LogP contribution in [0.25, 0.3) is 16.8 Å². The molecule has 9 heteroatoms. The molecular formula is C25H35N3O5S. The Labute approximate surface area is 202 Å². The van der Waals surface area contributed by atoms with Crippen molar-refractivity contribution in [1.29, 1.82) is 0 Å². The summed E-state index contributed by atoms with van der Waals surface area (Å²) in [6.07, 6.45) is 2.14. The van der Waals surface area contributed by atoms with E-state index in [1.165, 1.54) is 7.05 Å². The zero-order valence-electron chi connectivity index (χ0n) is 20.9. The number of anilines is 1. The van der Waals surface area contributed by atoms with E-state index < -0.39 is 22.1 Å². The predicted octanol–water partition coefficient (Wildman–Crippen LogP) is 4.24. The number of aliphatic hydroxyl groups is 1. The Bertz CT molecular complexity index is 1160. The first-order valence-electron chi connectivity index (χ1n) is 11.2. The van der Waals surface area contributed by atoms with Gasteiger partial charge >= 0.3 is 5.97 Å². The summed E-state index contributed by atoms with van der Waals surface area (Å²) >= 11 is 0. The molecule has 0 amide bonds. The Morgan fingerprint density at radius 1 is 1.15 bits per heavy atom. The molecule has 0 bridgehead atoms. The van der Waals surface area contributed by atoms with Gasteiger partial charge in [-0.25, -0.2) is 22.7 Å². The van der Waals surface area contributed by atoms with Crippen molar-refractivity contribution in [2.24, 2.45) is 5.92 Å². The molecule has 2 atom stereocenters. The summed E-state index contributed by atoms with van der Waals surface area (Å²) in [5.74, 6) is -1.06. The van der Waals surface area contributed by atoms with Crippen LogP contribution in [0.5, 0.6) is 0 Å². The normalized spacial score (nSPS) is 14.2. The van der Waals surface area contributed by atoms with Gasteiger partial charge in [0.2, 0.25) is 16.0 Å². The number of aliphatic hydroxyl groups excluding tert-OH is 1. The van der Waals surface area contributed by atoms with Crippen LogP contribution < -0.4 is 4.31 Å². The molecule has 0 aliphatic carbocycles. The second kappa shape index (κ2) is 11.1. The molecule has 0 aliphatic heterocycles. The average molecular weight is 490 g/mol. The first-order valence-corrected chi connectivity index (χ1v) is 13.1. The topological polar surface area (TPSA) is 121 Å². The highest BCUT2D eigenvalue weighted by Gasteiger charge is 2.24. The molecule has 0 fully saturated rings. The van der Waals surface area contributed by atoms with E-state index in [0.717, 1.165) is 32.8 Å². The third-order valence-corrected chi connectivity index (χ3v) is 6.72. The van der Waals surface area contributed by atoms with Gasteiger partial charge < -0.3 is 10.2 Å². The highest BCUT2D eigenvalue weighted by atomic mass is 32.2. The van der Waals surface area contributed by atoms with Crippen molar-refractivity contribution in [2.45, 2.75) is 59.5 Å². The maximum Gasteiger partial charge on any atom is 0.305 e. The van der Waals surface area contributed by atoms with E-state index in [-0.39, 0.29) is 24.2 Å². The van der Waals surface area contributed by atoms with Crippen molar-refractivity contribution >= 4 is 27.5 Å². The molecule has 2 aromatic rings. The van der Waals surface area contributed by atoms with Gasteiger partial charge in [-0.1, -0.05) is 56.7 Å². The van der Waals surface area contributed by atoms with E-state index in [4.69, 9.17) is 5.11 Å². The maximum atomic E-state index is 12.2. The molecule has 0 radical (unpaired) electrons. The Kier molecular flexibility index (Phi) is 8.96. The second-order valence-electron chi connectivity index (χ2n) is 9.20. The number of aryl methyl sites for hydroxylation is 1. The van der Waals surface area contributed by atoms with Crippen LogP contribution in [-0.2, 0) is 14.8 Å². The van der Waals surface area contributed by atoms with Crippen molar-refractivity contribution in [3.05, 3.63) is 47.2 Å². The number of hydrogen-bond acceptors (Lipinski definition) is 6. The third-order valence-electron chi connectivity index (χ3n) is 5.56. The molecule has 0 saturated heterocycles. The number of benzene rings is 1. The summed E-state index contributed by atoms with van der Waals surface area (Å²) in [7, 11) is -2.13. The van der Waals surface area contributed by atoms with Crippen molar-refractivity contribution in [3.63, 3.8) is 0 Å². The van der Waals surface area contributed by atoms with Crippen LogP contribution in [0.15, 0.2) is 30.3 Å². The molecular weight excluding hydrogens is 454 g/mol. The van der Waals surface area contributed by atoms with Crippen LogP contribution in [0.3, 0.4) is 0 Å². The summed E-state index contributed by atoms with van der Waals surface area (Å²) in [5.41, 5.74) is 4.94. The summed E-state index contributed by atoms with van der Waals surface area (Å²) < 4.78 is 25.5. The molecule has 2 N–H and O–H groups in total. The van der Waals surface area contributed by atoms with E-state index in [2.05, 4.69) is 9.97 Å². The first kappa shape index (κ1) is 27.5. The van der Waals surface area contributed by atoms with Gasteiger partial charge in [-0.05, 0) is 37.7 Å². The molecule has 0 saturated carbocycles. The SMILES string of the molecule is CC(=CC(C)CC(O)CC(=O)O)c1c(-c2ccc(C)cc2)nc(N(C)S(C)(=O)=O)nc1C(C)C. The van der Waals surface area contributed by atoms with Gasteiger partial charge in [-0.3, -0.25) is 4.79 Å². The molecule has 2 unspecified atom stereocenters. The highest BCUT2D eigenvalue weighted by Crippen LogP contribution is 2.35. The van der Waals surface area contributed by atoms with Crippen molar-refractivity contribution in [3.8, 4) is 11.3 Å². The van der Waals surface area contributed by atoms with Gasteiger partial charge in [-0.2, -0.15) is 0 Å². The first-order chi connectivity index (χ1) is 15.7. The van der Waals surface area contributed by atoms with Crippen LogP contribution in [0, 0.1) is 12.8 Å². The lowest BCUT2D eigenvalue weighted by Gasteiger charge is -2.22. The monoisotopic (exact) mass is 489 g/mol. The lowest BCUT2D eigenvalue weighted by Crippen LogP contribution is -2.27. The van der Waals surface area contributed by atoms with Crippen LogP contribution in [-0.4, -0.2) is 54.0 Å². The molecule has 8 nitrogen and oxygen atoms in total. The van der Waals surface area contributed by atoms with E-state index in [0.29, 0.717) is 17.8 Å². The fourth-order valence-electron chi connectivity index (χ4n) is 3.77. The molecule has 34 heavy (non-hydrogen) atoms. The largest absolute Gasteiger partial charge is 0.481 e. The molecule has 2 rings (SSSR count). The summed E-state index contributed by atoms with van der Waals surface area (Å²) in [6, 6.07) is 7.84. The number of nitrogens with zero attached hydrogens (tertiary/aromatic N) is 3. The Morgan fingerprint density at radius 2 is 1.74 bits per heavy atom. The summed E-state index contributed by atoms with van der Waals surface area (Å²) in [4.78, 5) is 20.2. The predicted molar refractivity (Wildman–Crippen MR) is 135 cm³/mol. The number of carboxylic acid groups (broad SMARTS) is 1. The summed E-state index contributed by atoms with van der Waals surface area (Å²) in [6.45, 7) is 9.82. The second-order valence-corrected chi connectivity index (χ2v) is 11.2. The van der Waals surface area contributed by atoms with Crippen molar-refractivity contribution < 1.29 is 23.4 Å². The maximum absolute atomic E-state index is 12.2. The van der Waals surface area contributed by atoms with Crippen LogP contribution in [0.2, 0.25) is 0 Å². The number of rotatable bonds is 10. The van der Waals surface area contributed by atoms with E-state index in [1.807, 2.05) is 65.0 Å². The van der Waals surface area contributed by atoms with Crippen LogP contribution in [0.1, 0.15) is 63.3 Å². The molecule has 1 aromatic carbocycles. The Morgan fingerprint density at radius 3 is 2.24 bits per heavy atom. The molecule has 186 valence electrons. The van der Waals surface area contributed by atoms with Crippen LogP contribution in [0.4, 0.5) is 5.95 Å². The molecule has 1 aromatic heterocycles. The molecule has 0 spiro atoms. The third kappa shape index (κ3) is 7.11. The molecule has 0 aliphatic rings. The van der Waals surface area contributed by atoms with Crippen LogP contribution >= 0.6 is 0 Å². The lowest BCUT2D eigenvalue weighted by molar-refractivity contribution is -0.139. The zero-order chi connectivity index (χ0) is 25.8. The van der Waals surface area contributed by atoms with Gasteiger partial charge in [0, 0.05) is 18.2 Å². The highest BCUT2D eigenvalue weighted by molar-refractivity contribution is 7.92. The minimum Gasteiger partial charge on any atom is -0.481 e. The number of carbonyl (C=O) groups is 1. The number of hydrogen-bond donors (Lipinski definition) is 2. The quantitative estimate of drug-likeness (QED) is 0.512. The standard InChI is InChI=1S/C25H35N3O5S/c1-15(2)23-22(18(5)12-17(4)13-20(29)14-21(30)31)24(19-10-8-16(3)9-11-19)27-25(26-23)28(6)34(7,32)33/h8-12,15,17,20,29H,13-14H2,1-7H3,(H,30,31). The van der Waals surface area contributed by atoms with E-state index in [9.17, 15) is 18.3 Å². The lowest BCUT2D eigenvalue weighted by atomic mass is 9.90. The van der Waals surface area contributed by atoms with Gasteiger partial charge in [0.05, 0.1) is 30.2 Å². The number of carboxylic acids is 1. The fourth-order valence-corrected chi connectivity index (χ4v) is 4.15. The van der Waals surface area contributed by atoms with Gasteiger partial charge in [0.15, 0.2) is 0 Å². The average Bonchev–Trinajstić information content (AvgIpc) is 2.71. The van der Waals surface area contributed by atoms with Gasteiger partial charge in [0.1, 0.15) is 0 Å². The minimum absolute atomic E-state index is 0.0230. The van der Waals surface area contributed by atoms with Crippen molar-refractivity contribution in [2.75, 3.05) is 17.6 Å². The van der Waals surface area contributed by atoms with Gasteiger partial charge in [-0.15, -0.1) is 0 Å². The Hall–Kier alpha value is -2.78. The number of sulfonamides is 1. The van der Waals surface area contributed by atoms with E-state index in [1.54, 1.807) is 0 Å². The zero-order valence-corrected chi connectivity index (χ0v) is 21.7. The van der Waals surface area contributed by atoms with Crippen molar-refractivity contribution in [1.82, 2.24) is 9.97 Å². The number of aliphatic carboxylic acids is 1. The fraction of sp³-hybridized carbons (Fsp3) is 0.480. The number of allylic oxidation sites excluding steroid dienone is 2. The number of aromatic nitrogens is 2. The smallest absolute Gasteiger partial charge is 0.305 e. The van der Waals surface area contributed by atoms with Gasteiger partial charge in [0.25, 0.3) is 0 Å². The Balaban J connectivity index is 2.71. The molecule has 1 heterocycles. The summed E-state index contributed by atoms with van der Waals surface area (Å²) in [5, 5.41) is 19.0. The van der Waals surface area contributed by atoms with E-state index >= 15 is 0 Å². The minimum atomic E-state index is -3.56.